The molecular weight excluding hydrogens is 280 g/mol. The number of sulfonamides is 1. The molecule has 0 saturated heterocycles. The minimum absolute atomic E-state index is 0.00171. The van der Waals surface area contributed by atoms with Crippen LogP contribution in [-0.2, 0) is 10.0 Å². The summed E-state index contributed by atoms with van der Waals surface area (Å²) in [5, 5.41) is 7.69. The standard InChI is InChI=1S/C13H14N2O4S/c1-8-7-10(20(14,17)18)4-5-11(8)15-13(16)12-6-3-9(2)19-12/h3-7H,1-2H3,(H,15,16)(H2,14,17,18). The molecule has 7 heteroatoms. The van der Waals surface area contributed by atoms with Gasteiger partial charge in [-0.05, 0) is 49.7 Å². The second-order valence-corrected chi connectivity index (χ2v) is 5.95. The van der Waals surface area contributed by atoms with E-state index < -0.39 is 15.9 Å². The van der Waals surface area contributed by atoms with Gasteiger partial charge in [0.15, 0.2) is 5.76 Å². The lowest BCUT2D eigenvalue weighted by atomic mass is 10.2. The average molecular weight is 294 g/mol. The van der Waals surface area contributed by atoms with Crippen molar-refractivity contribution in [2.75, 3.05) is 5.32 Å². The summed E-state index contributed by atoms with van der Waals surface area (Å²) in [5.41, 5.74) is 1.09. The number of amides is 1. The molecule has 0 spiro atoms. The number of furan rings is 1. The van der Waals surface area contributed by atoms with Gasteiger partial charge in [0.2, 0.25) is 10.0 Å². The van der Waals surface area contributed by atoms with E-state index in [0.717, 1.165) is 0 Å². The van der Waals surface area contributed by atoms with Crippen molar-refractivity contribution >= 4 is 21.6 Å². The highest BCUT2D eigenvalue weighted by Gasteiger charge is 2.13. The van der Waals surface area contributed by atoms with Crippen LogP contribution in [0.25, 0.3) is 0 Å². The third-order valence-electron chi connectivity index (χ3n) is 2.74. The highest BCUT2D eigenvalue weighted by Crippen LogP contribution is 2.20. The number of rotatable bonds is 3. The second-order valence-electron chi connectivity index (χ2n) is 4.39. The molecule has 6 nitrogen and oxygen atoms in total. The molecule has 20 heavy (non-hydrogen) atoms. The molecule has 2 rings (SSSR count). The number of anilines is 1. The smallest absolute Gasteiger partial charge is 0.291 e. The molecule has 0 atom stereocenters. The summed E-state index contributed by atoms with van der Waals surface area (Å²) >= 11 is 0. The van der Waals surface area contributed by atoms with Crippen LogP contribution in [0, 0.1) is 13.8 Å². The molecule has 0 aliphatic rings. The summed E-state index contributed by atoms with van der Waals surface area (Å²) < 4.78 is 27.6. The Morgan fingerprint density at radius 2 is 1.90 bits per heavy atom. The first kappa shape index (κ1) is 14.3. The van der Waals surface area contributed by atoms with E-state index in [9.17, 15) is 13.2 Å². The zero-order valence-electron chi connectivity index (χ0n) is 11.0. The topological polar surface area (TPSA) is 102 Å². The van der Waals surface area contributed by atoms with E-state index in [1.54, 1.807) is 26.0 Å². The van der Waals surface area contributed by atoms with Gasteiger partial charge in [-0.1, -0.05) is 0 Å². The first-order valence-corrected chi connectivity index (χ1v) is 7.33. The third-order valence-corrected chi connectivity index (χ3v) is 3.65. The Morgan fingerprint density at radius 3 is 2.40 bits per heavy atom. The summed E-state index contributed by atoms with van der Waals surface area (Å²) in [6, 6.07) is 7.48. The first-order valence-electron chi connectivity index (χ1n) is 5.78. The second kappa shape index (κ2) is 5.10. The highest BCUT2D eigenvalue weighted by molar-refractivity contribution is 7.89. The van der Waals surface area contributed by atoms with Crippen molar-refractivity contribution in [3.63, 3.8) is 0 Å². The van der Waals surface area contributed by atoms with Gasteiger partial charge in [0, 0.05) is 5.69 Å². The molecule has 0 aliphatic carbocycles. The van der Waals surface area contributed by atoms with Gasteiger partial charge in [-0.2, -0.15) is 0 Å². The summed E-state index contributed by atoms with van der Waals surface area (Å²) in [4.78, 5) is 11.9. The number of hydrogen-bond donors (Lipinski definition) is 2. The molecule has 2 aromatic rings. The van der Waals surface area contributed by atoms with Gasteiger partial charge in [0.25, 0.3) is 5.91 Å². The largest absolute Gasteiger partial charge is 0.456 e. The van der Waals surface area contributed by atoms with Crippen LogP contribution >= 0.6 is 0 Å². The van der Waals surface area contributed by atoms with Gasteiger partial charge in [-0.15, -0.1) is 0 Å². The molecule has 106 valence electrons. The Balaban J connectivity index is 2.25. The summed E-state index contributed by atoms with van der Waals surface area (Å²) in [5.74, 6) is 0.429. The van der Waals surface area contributed by atoms with Crippen molar-refractivity contribution in [1.29, 1.82) is 0 Å². The van der Waals surface area contributed by atoms with Crippen LogP contribution in [-0.4, -0.2) is 14.3 Å². The Labute approximate surface area is 116 Å². The van der Waals surface area contributed by atoms with E-state index in [2.05, 4.69) is 5.32 Å². The fourth-order valence-corrected chi connectivity index (χ4v) is 2.29. The maximum Gasteiger partial charge on any atom is 0.291 e. The molecule has 3 N–H and O–H groups in total. The van der Waals surface area contributed by atoms with Crippen molar-refractivity contribution < 1.29 is 17.6 Å². The monoisotopic (exact) mass is 294 g/mol. The Kier molecular flexibility index (Phi) is 3.65. The molecule has 1 aromatic carbocycles. The summed E-state index contributed by atoms with van der Waals surface area (Å²) in [6.45, 7) is 3.42. The lowest BCUT2D eigenvalue weighted by Gasteiger charge is -2.08. The Bertz CT molecular complexity index is 762. The fourth-order valence-electron chi connectivity index (χ4n) is 1.69. The molecule has 1 amide bonds. The number of benzene rings is 1. The molecule has 1 heterocycles. The molecular formula is C13H14N2O4S. The number of nitrogens with two attached hydrogens (primary N) is 1. The van der Waals surface area contributed by atoms with Gasteiger partial charge in [-0.25, -0.2) is 13.6 Å². The van der Waals surface area contributed by atoms with Crippen molar-refractivity contribution in [3.8, 4) is 0 Å². The van der Waals surface area contributed by atoms with Gasteiger partial charge in [0.1, 0.15) is 5.76 Å². The SMILES string of the molecule is Cc1ccc(C(=O)Nc2ccc(S(N)(=O)=O)cc2C)o1. The van der Waals surface area contributed by atoms with Crippen molar-refractivity contribution in [2.24, 2.45) is 5.14 Å². The van der Waals surface area contributed by atoms with Crippen LogP contribution < -0.4 is 10.5 Å². The zero-order chi connectivity index (χ0) is 14.9. The first-order chi connectivity index (χ1) is 9.27. The van der Waals surface area contributed by atoms with Crippen LogP contribution in [0.2, 0.25) is 0 Å². The molecule has 0 saturated carbocycles. The Morgan fingerprint density at radius 1 is 1.20 bits per heavy atom. The Hall–Kier alpha value is -2.12. The number of carbonyl (C=O) groups is 1. The van der Waals surface area contributed by atoms with Gasteiger partial charge in [-0.3, -0.25) is 4.79 Å². The van der Waals surface area contributed by atoms with E-state index in [1.807, 2.05) is 0 Å². The number of primary sulfonamides is 1. The van der Waals surface area contributed by atoms with Crippen LogP contribution in [0.4, 0.5) is 5.69 Å². The van der Waals surface area contributed by atoms with Crippen LogP contribution in [0.3, 0.4) is 0 Å². The number of hydrogen-bond acceptors (Lipinski definition) is 4. The minimum atomic E-state index is -3.75. The van der Waals surface area contributed by atoms with E-state index in [0.29, 0.717) is 17.0 Å². The molecule has 0 unspecified atom stereocenters. The van der Waals surface area contributed by atoms with Crippen molar-refractivity contribution in [3.05, 3.63) is 47.4 Å². The summed E-state index contributed by atoms with van der Waals surface area (Å²) in [7, 11) is -3.75. The van der Waals surface area contributed by atoms with Crippen molar-refractivity contribution in [1.82, 2.24) is 0 Å². The zero-order valence-corrected chi connectivity index (χ0v) is 11.8. The highest BCUT2D eigenvalue weighted by atomic mass is 32.2. The van der Waals surface area contributed by atoms with Gasteiger partial charge < -0.3 is 9.73 Å². The van der Waals surface area contributed by atoms with Crippen LogP contribution in [0.15, 0.2) is 39.6 Å². The number of aryl methyl sites for hydroxylation is 2. The predicted molar refractivity (Wildman–Crippen MR) is 74.0 cm³/mol. The average Bonchev–Trinajstić information content (AvgIpc) is 2.77. The minimum Gasteiger partial charge on any atom is -0.456 e. The van der Waals surface area contributed by atoms with E-state index in [4.69, 9.17) is 9.56 Å². The van der Waals surface area contributed by atoms with Crippen LogP contribution in [0.5, 0.6) is 0 Å². The van der Waals surface area contributed by atoms with E-state index in [1.165, 1.54) is 18.2 Å². The molecule has 0 radical (unpaired) electrons. The fraction of sp³-hybridized carbons (Fsp3) is 0.154. The number of carbonyl (C=O) groups excluding carboxylic acids is 1. The molecule has 0 aliphatic heterocycles. The molecule has 0 bridgehead atoms. The maximum absolute atomic E-state index is 11.9. The van der Waals surface area contributed by atoms with Gasteiger partial charge >= 0.3 is 0 Å². The molecule has 1 aromatic heterocycles. The lowest BCUT2D eigenvalue weighted by molar-refractivity contribution is 0.0995. The van der Waals surface area contributed by atoms with Crippen molar-refractivity contribution in [2.45, 2.75) is 18.7 Å². The molecule has 0 fully saturated rings. The van der Waals surface area contributed by atoms with E-state index in [-0.39, 0.29) is 10.7 Å². The van der Waals surface area contributed by atoms with Gasteiger partial charge in [0.05, 0.1) is 4.90 Å². The quantitative estimate of drug-likeness (QED) is 0.900. The predicted octanol–water partition coefficient (Wildman–Crippen LogP) is 1.80. The normalized spacial score (nSPS) is 11.3. The number of nitrogens with one attached hydrogen (secondary N) is 1. The summed E-state index contributed by atoms with van der Waals surface area (Å²) in [6.07, 6.45) is 0. The maximum atomic E-state index is 11.9. The van der Waals surface area contributed by atoms with E-state index >= 15 is 0 Å². The lowest BCUT2D eigenvalue weighted by Crippen LogP contribution is -2.14. The third kappa shape index (κ3) is 3.06. The van der Waals surface area contributed by atoms with Crippen LogP contribution in [0.1, 0.15) is 21.9 Å².